The molecule has 3 rings (SSSR count). The van der Waals surface area contributed by atoms with Crippen molar-refractivity contribution in [3.05, 3.63) is 94.5 Å². The molecular weight excluding hydrogens is 557 g/mol. The Bertz CT molecular complexity index is 1360. The Morgan fingerprint density at radius 2 is 1.54 bits per heavy atom. The van der Waals surface area contributed by atoms with E-state index in [9.17, 15) is 18.0 Å². The van der Waals surface area contributed by atoms with Crippen LogP contribution in [0.15, 0.2) is 83.8 Å². The molecule has 0 spiro atoms. The van der Waals surface area contributed by atoms with E-state index in [0.717, 1.165) is 16.3 Å². The van der Waals surface area contributed by atoms with Crippen LogP contribution in [-0.2, 0) is 26.0 Å². The summed E-state index contributed by atoms with van der Waals surface area (Å²) in [6, 6.07) is 21.1. The van der Waals surface area contributed by atoms with Gasteiger partial charge in [-0.15, -0.1) is 0 Å². The van der Waals surface area contributed by atoms with Crippen molar-refractivity contribution in [1.82, 2.24) is 10.2 Å². The number of carbonyl (C=O) groups is 2. The lowest BCUT2D eigenvalue weighted by molar-refractivity contribution is -0.139. The standard InChI is InChI=1S/C29H33Cl2N3O4S/c1-3-18-32-29(36)27(4-2)33(19-17-22-11-7-5-8-12-22)28(35)21-34(23-15-16-25(30)26(31)20-23)39(37,38)24-13-9-6-10-14-24/h5-16,20,27H,3-4,17-19,21H2,1-2H3,(H,32,36)/t27-/m1/s1. The molecule has 0 unspecified atom stereocenters. The van der Waals surface area contributed by atoms with Gasteiger partial charge in [0.15, 0.2) is 0 Å². The first-order valence-electron chi connectivity index (χ1n) is 12.8. The molecule has 0 aromatic heterocycles. The van der Waals surface area contributed by atoms with Gasteiger partial charge in [-0.25, -0.2) is 8.42 Å². The molecular formula is C29H33Cl2N3O4S. The molecule has 7 nitrogen and oxygen atoms in total. The summed E-state index contributed by atoms with van der Waals surface area (Å²) in [5.74, 6) is -0.775. The maximum absolute atomic E-state index is 13.9. The number of hydrogen-bond donors (Lipinski definition) is 1. The van der Waals surface area contributed by atoms with Gasteiger partial charge in [0.05, 0.1) is 20.6 Å². The van der Waals surface area contributed by atoms with Crippen LogP contribution in [0.5, 0.6) is 0 Å². The maximum Gasteiger partial charge on any atom is 0.264 e. The summed E-state index contributed by atoms with van der Waals surface area (Å²) < 4.78 is 28.6. The molecule has 0 radical (unpaired) electrons. The summed E-state index contributed by atoms with van der Waals surface area (Å²) in [5, 5.41) is 3.29. The van der Waals surface area contributed by atoms with Gasteiger partial charge in [0.25, 0.3) is 10.0 Å². The summed E-state index contributed by atoms with van der Waals surface area (Å²) >= 11 is 12.3. The first-order chi connectivity index (χ1) is 18.7. The zero-order valence-corrected chi connectivity index (χ0v) is 24.3. The predicted octanol–water partition coefficient (Wildman–Crippen LogP) is 5.56. The lowest BCUT2D eigenvalue weighted by atomic mass is 10.1. The number of halogens is 2. The van der Waals surface area contributed by atoms with Gasteiger partial charge in [-0.05, 0) is 55.2 Å². The molecule has 0 aliphatic rings. The van der Waals surface area contributed by atoms with Gasteiger partial charge in [-0.1, -0.05) is 85.6 Å². The molecule has 0 aliphatic carbocycles. The summed E-state index contributed by atoms with van der Waals surface area (Å²) in [6.45, 7) is 3.97. The van der Waals surface area contributed by atoms with Crippen molar-refractivity contribution in [3.63, 3.8) is 0 Å². The second-order valence-corrected chi connectivity index (χ2v) is 11.6. The van der Waals surface area contributed by atoms with E-state index in [1.54, 1.807) is 18.2 Å². The van der Waals surface area contributed by atoms with Gasteiger partial charge in [0.1, 0.15) is 12.6 Å². The first-order valence-corrected chi connectivity index (χ1v) is 15.0. The van der Waals surface area contributed by atoms with Crippen molar-refractivity contribution >= 4 is 50.7 Å². The molecule has 0 heterocycles. The third-order valence-corrected chi connectivity index (χ3v) is 8.75. The molecule has 39 heavy (non-hydrogen) atoms. The molecule has 3 aromatic rings. The highest BCUT2D eigenvalue weighted by molar-refractivity contribution is 7.92. The highest BCUT2D eigenvalue weighted by Gasteiger charge is 2.33. The van der Waals surface area contributed by atoms with Crippen molar-refractivity contribution in [2.75, 3.05) is 23.9 Å². The second-order valence-electron chi connectivity index (χ2n) is 8.96. The number of rotatable bonds is 13. The average Bonchev–Trinajstić information content (AvgIpc) is 2.95. The smallest absolute Gasteiger partial charge is 0.264 e. The van der Waals surface area contributed by atoms with Crippen molar-refractivity contribution in [2.24, 2.45) is 0 Å². The molecule has 3 aromatic carbocycles. The van der Waals surface area contributed by atoms with Crippen molar-refractivity contribution < 1.29 is 18.0 Å². The van der Waals surface area contributed by atoms with Crippen LogP contribution in [0.25, 0.3) is 0 Å². The van der Waals surface area contributed by atoms with Gasteiger partial charge >= 0.3 is 0 Å². The Morgan fingerprint density at radius 3 is 2.13 bits per heavy atom. The molecule has 0 saturated heterocycles. The summed E-state index contributed by atoms with van der Waals surface area (Å²) in [6.07, 6.45) is 1.62. The zero-order chi connectivity index (χ0) is 28.4. The molecule has 1 atom stereocenters. The van der Waals surface area contributed by atoms with E-state index >= 15 is 0 Å². The lowest BCUT2D eigenvalue weighted by Gasteiger charge is -2.33. The number of sulfonamides is 1. The van der Waals surface area contributed by atoms with Crippen LogP contribution in [0, 0.1) is 0 Å². The quantitative estimate of drug-likeness (QED) is 0.282. The van der Waals surface area contributed by atoms with Gasteiger partial charge in [0, 0.05) is 13.1 Å². The monoisotopic (exact) mass is 589 g/mol. The molecule has 0 aliphatic heterocycles. The van der Waals surface area contributed by atoms with E-state index < -0.39 is 28.5 Å². The van der Waals surface area contributed by atoms with Crippen molar-refractivity contribution in [2.45, 2.75) is 44.0 Å². The van der Waals surface area contributed by atoms with Crippen molar-refractivity contribution in [3.8, 4) is 0 Å². The van der Waals surface area contributed by atoms with E-state index in [4.69, 9.17) is 23.2 Å². The Balaban J connectivity index is 2.01. The van der Waals surface area contributed by atoms with Crippen LogP contribution in [-0.4, -0.2) is 50.8 Å². The SMILES string of the molecule is CCCNC(=O)[C@@H](CC)N(CCc1ccccc1)C(=O)CN(c1ccc(Cl)c(Cl)c1)S(=O)(=O)c1ccccc1. The normalized spacial score (nSPS) is 12.0. The fourth-order valence-corrected chi connectivity index (χ4v) is 5.87. The fourth-order valence-electron chi connectivity index (χ4n) is 4.15. The second kappa shape index (κ2) is 14.4. The van der Waals surface area contributed by atoms with Crippen molar-refractivity contribution in [1.29, 1.82) is 0 Å². The van der Waals surface area contributed by atoms with E-state index in [0.29, 0.717) is 19.4 Å². The van der Waals surface area contributed by atoms with Crippen LogP contribution in [0.3, 0.4) is 0 Å². The van der Waals surface area contributed by atoms with E-state index in [1.807, 2.05) is 44.2 Å². The van der Waals surface area contributed by atoms with Gasteiger partial charge in [0.2, 0.25) is 11.8 Å². The molecule has 0 fully saturated rings. The third kappa shape index (κ3) is 7.97. The number of hydrogen-bond acceptors (Lipinski definition) is 4. The van der Waals surface area contributed by atoms with Gasteiger partial charge < -0.3 is 10.2 Å². The van der Waals surface area contributed by atoms with Crippen LogP contribution in [0.1, 0.15) is 32.3 Å². The van der Waals surface area contributed by atoms with E-state index in [2.05, 4.69) is 5.32 Å². The topological polar surface area (TPSA) is 86.8 Å². The highest BCUT2D eigenvalue weighted by Crippen LogP contribution is 2.30. The average molecular weight is 591 g/mol. The molecule has 10 heteroatoms. The molecule has 1 N–H and O–H groups in total. The number of carbonyl (C=O) groups excluding carboxylic acids is 2. The molecule has 2 amide bonds. The molecule has 0 saturated carbocycles. The van der Waals surface area contributed by atoms with Crippen LogP contribution in [0.4, 0.5) is 5.69 Å². The van der Waals surface area contributed by atoms with Crippen LogP contribution in [0.2, 0.25) is 10.0 Å². The molecule has 0 bridgehead atoms. The largest absolute Gasteiger partial charge is 0.354 e. The summed E-state index contributed by atoms with van der Waals surface area (Å²) in [4.78, 5) is 28.5. The van der Waals surface area contributed by atoms with E-state index in [-0.39, 0.29) is 33.1 Å². The minimum Gasteiger partial charge on any atom is -0.354 e. The van der Waals surface area contributed by atoms with Gasteiger partial charge in [-0.2, -0.15) is 0 Å². The number of benzene rings is 3. The Labute approximate surface area is 240 Å². The third-order valence-electron chi connectivity index (χ3n) is 6.22. The minimum atomic E-state index is -4.16. The number of nitrogens with one attached hydrogen (secondary N) is 1. The van der Waals surface area contributed by atoms with Crippen LogP contribution < -0.4 is 9.62 Å². The summed E-state index contributed by atoms with van der Waals surface area (Å²) in [5.41, 5.74) is 1.19. The lowest BCUT2D eigenvalue weighted by Crippen LogP contribution is -2.53. The summed E-state index contributed by atoms with van der Waals surface area (Å²) in [7, 11) is -4.16. The Morgan fingerprint density at radius 1 is 0.897 bits per heavy atom. The predicted molar refractivity (Wildman–Crippen MR) is 157 cm³/mol. The minimum absolute atomic E-state index is 0.0208. The van der Waals surface area contributed by atoms with Gasteiger partial charge in [-0.3, -0.25) is 13.9 Å². The number of amides is 2. The zero-order valence-electron chi connectivity index (χ0n) is 22.0. The van der Waals surface area contributed by atoms with Crippen LogP contribution >= 0.6 is 23.2 Å². The highest BCUT2D eigenvalue weighted by atomic mass is 35.5. The Hall–Kier alpha value is -3.07. The number of nitrogens with zero attached hydrogens (tertiary/aromatic N) is 2. The first kappa shape index (κ1) is 30.5. The fraction of sp³-hybridized carbons (Fsp3) is 0.310. The molecule has 208 valence electrons. The Kier molecular flexibility index (Phi) is 11.2. The maximum atomic E-state index is 13.9. The van der Waals surface area contributed by atoms with E-state index in [1.165, 1.54) is 35.2 Å². The number of anilines is 1.